The molecular formula is C17H24N4O3S. The van der Waals surface area contributed by atoms with Crippen LogP contribution in [0.15, 0.2) is 30.3 Å². The van der Waals surface area contributed by atoms with Gasteiger partial charge in [-0.25, -0.2) is 0 Å². The van der Waals surface area contributed by atoms with Crippen molar-refractivity contribution in [3.63, 3.8) is 0 Å². The molecule has 0 spiro atoms. The van der Waals surface area contributed by atoms with Crippen LogP contribution in [0.1, 0.15) is 17.8 Å². The maximum absolute atomic E-state index is 12.1. The van der Waals surface area contributed by atoms with Crippen molar-refractivity contribution >= 4 is 18.1 Å². The summed E-state index contributed by atoms with van der Waals surface area (Å²) >= 11 is 5.27. The number of ether oxygens (including phenoxy) is 2. The van der Waals surface area contributed by atoms with Crippen molar-refractivity contribution in [2.45, 2.75) is 19.4 Å². The molecule has 2 rings (SSSR count). The molecular weight excluding hydrogens is 340 g/mol. The number of aromatic amines is 1. The summed E-state index contributed by atoms with van der Waals surface area (Å²) in [4.78, 5) is 12.1. The molecule has 1 aromatic heterocycles. The molecule has 0 bridgehead atoms. The van der Waals surface area contributed by atoms with Gasteiger partial charge in [-0.1, -0.05) is 30.3 Å². The summed E-state index contributed by atoms with van der Waals surface area (Å²) in [5.41, 5.74) is 1.11. The van der Waals surface area contributed by atoms with Gasteiger partial charge in [0.05, 0.1) is 26.2 Å². The lowest BCUT2D eigenvalue weighted by Gasteiger charge is -2.08. The van der Waals surface area contributed by atoms with Gasteiger partial charge in [0.25, 0.3) is 0 Å². The Hall–Kier alpha value is -2.03. The van der Waals surface area contributed by atoms with Gasteiger partial charge in [-0.05, 0) is 24.2 Å². The van der Waals surface area contributed by atoms with Crippen LogP contribution >= 0.6 is 12.2 Å². The number of carbonyl (C=O) groups excluding carboxylic acids is 1. The van der Waals surface area contributed by atoms with Crippen LogP contribution in [-0.2, 0) is 27.2 Å². The fraction of sp³-hybridized carbons (Fsp3) is 0.471. The highest BCUT2D eigenvalue weighted by Crippen LogP contribution is 2.06. The largest absolute Gasteiger partial charge is 0.382 e. The lowest BCUT2D eigenvalue weighted by molar-refractivity contribution is -0.120. The van der Waals surface area contributed by atoms with E-state index in [-0.39, 0.29) is 12.3 Å². The SMILES string of the molecule is COCCOCCCNC(=O)Cc1n[nH]c(=S)n1Cc1ccccc1. The molecule has 0 atom stereocenters. The molecule has 1 aromatic carbocycles. The maximum atomic E-state index is 12.1. The summed E-state index contributed by atoms with van der Waals surface area (Å²) in [6, 6.07) is 9.94. The van der Waals surface area contributed by atoms with Crippen LogP contribution in [0.5, 0.6) is 0 Å². The number of hydrogen-bond donors (Lipinski definition) is 2. The number of rotatable bonds is 11. The number of H-pyrrole nitrogens is 1. The van der Waals surface area contributed by atoms with Gasteiger partial charge < -0.3 is 14.8 Å². The van der Waals surface area contributed by atoms with Gasteiger partial charge in [0, 0.05) is 20.3 Å². The fourth-order valence-electron chi connectivity index (χ4n) is 2.27. The van der Waals surface area contributed by atoms with Crippen molar-refractivity contribution in [2.24, 2.45) is 0 Å². The summed E-state index contributed by atoms with van der Waals surface area (Å²) in [7, 11) is 1.64. The zero-order valence-corrected chi connectivity index (χ0v) is 15.2. The second-order valence-electron chi connectivity index (χ2n) is 5.50. The monoisotopic (exact) mass is 364 g/mol. The lowest BCUT2D eigenvalue weighted by atomic mass is 10.2. The van der Waals surface area contributed by atoms with Gasteiger partial charge in [-0.3, -0.25) is 14.5 Å². The molecule has 0 radical (unpaired) electrons. The molecule has 0 unspecified atom stereocenters. The van der Waals surface area contributed by atoms with Crippen molar-refractivity contribution in [1.82, 2.24) is 20.1 Å². The van der Waals surface area contributed by atoms with E-state index in [0.717, 1.165) is 12.0 Å². The Morgan fingerprint density at radius 2 is 2.08 bits per heavy atom. The van der Waals surface area contributed by atoms with Crippen LogP contribution in [0.4, 0.5) is 0 Å². The standard InChI is InChI=1S/C17H24N4O3S/c1-23-10-11-24-9-5-8-18-16(22)12-15-19-20-17(25)21(15)13-14-6-3-2-4-7-14/h2-4,6-7H,5,8-13H2,1H3,(H,18,22)(H,20,25). The molecule has 7 nitrogen and oxygen atoms in total. The van der Waals surface area contributed by atoms with Gasteiger partial charge in [0.2, 0.25) is 5.91 Å². The first-order chi connectivity index (χ1) is 12.2. The predicted molar refractivity (Wildman–Crippen MR) is 97.0 cm³/mol. The minimum absolute atomic E-state index is 0.0831. The number of hydrogen-bond acceptors (Lipinski definition) is 5. The normalized spacial score (nSPS) is 10.8. The number of carbonyl (C=O) groups is 1. The maximum Gasteiger partial charge on any atom is 0.227 e. The molecule has 1 amide bonds. The number of amides is 1. The van der Waals surface area contributed by atoms with E-state index in [0.29, 0.717) is 43.5 Å². The van der Waals surface area contributed by atoms with Crippen molar-refractivity contribution in [2.75, 3.05) is 33.5 Å². The van der Waals surface area contributed by atoms with Crippen molar-refractivity contribution in [3.8, 4) is 0 Å². The molecule has 2 aromatic rings. The molecule has 0 aliphatic heterocycles. The van der Waals surface area contributed by atoms with E-state index in [9.17, 15) is 4.79 Å². The molecule has 0 saturated carbocycles. The first-order valence-corrected chi connectivity index (χ1v) is 8.63. The van der Waals surface area contributed by atoms with Crippen LogP contribution in [-0.4, -0.2) is 54.1 Å². The van der Waals surface area contributed by atoms with Gasteiger partial charge in [-0.2, -0.15) is 5.10 Å². The van der Waals surface area contributed by atoms with E-state index in [4.69, 9.17) is 21.7 Å². The molecule has 0 aliphatic carbocycles. The van der Waals surface area contributed by atoms with E-state index >= 15 is 0 Å². The Labute approximate surface area is 152 Å². The van der Waals surface area contributed by atoms with Crippen molar-refractivity contribution in [1.29, 1.82) is 0 Å². The summed E-state index contributed by atoms with van der Waals surface area (Å²) in [6.07, 6.45) is 0.941. The minimum atomic E-state index is -0.0831. The molecule has 0 saturated heterocycles. The summed E-state index contributed by atoms with van der Waals surface area (Å²) in [5.74, 6) is 0.544. The van der Waals surface area contributed by atoms with E-state index in [2.05, 4.69) is 15.5 Å². The second kappa shape index (κ2) is 10.8. The highest BCUT2D eigenvalue weighted by Gasteiger charge is 2.11. The van der Waals surface area contributed by atoms with E-state index in [1.54, 1.807) is 7.11 Å². The summed E-state index contributed by atoms with van der Waals surface area (Å²) in [5, 5.41) is 9.81. The molecule has 2 N–H and O–H groups in total. The van der Waals surface area contributed by atoms with Gasteiger partial charge in [0.1, 0.15) is 5.82 Å². The van der Waals surface area contributed by atoms with Crippen LogP contribution in [0, 0.1) is 4.77 Å². The van der Waals surface area contributed by atoms with Gasteiger partial charge in [0.15, 0.2) is 4.77 Å². The van der Waals surface area contributed by atoms with Crippen LogP contribution in [0.2, 0.25) is 0 Å². The quantitative estimate of drug-likeness (QED) is 0.469. The van der Waals surface area contributed by atoms with Crippen LogP contribution < -0.4 is 5.32 Å². The average Bonchev–Trinajstić information content (AvgIpc) is 2.95. The highest BCUT2D eigenvalue weighted by molar-refractivity contribution is 7.71. The minimum Gasteiger partial charge on any atom is -0.382 e. The zero-order valence-electron chi connectivity index (χ0n) is 14.4. The van der Waals surface area contributed by atoms with E-state index < -0.39 is 0 Å². The third kappa shape index (κ3) is 6.77. The Morgan fingerprint density at radius 1 is 1.28 bits per heavy atom. The second-order valence-corrected chi connectivity index (χ2v) is 5.89. The highest BCUT2D eigenvalue weighted by atomic mass is 32.1. The zero-order chi connectivity index (χ0) is 17.9. The van der Waals surface area contributed by atoms with Crippen LogP contribution in [0.3, 0.4) is 0 Å². The average molecular weight is 364 g/mol. The van der Waals surface area contributed by atoms with Gasteiger partial charge in [-0.15, -0.1) is 0 Å². The molecule has 0 aliphatic rings. The Morgan fingerprint density at radius 3 is 2.84 bits per heavy atom. The Kier molecular flexibility index (Phi) is 8.30. The molecule has 25 heavy (non-hydrogen) atoms. The van der Waals surface area contributed by atoms with E-state index in [1.165, 1.54) is 0 Å². The predicted octanol–water partition coefficient (Wildman–Crippen LogP) is 1.70. The third-order valence-electron chi connectivity index (χ3n) is 3.56. The number of nitrogens with one attached hydrogen (secondary N) is 2. The van der Waals surface area contributed by atoms with Crippen molar-refractivity contribution in [3.05, 3.63) is 46.5 Å². The number of benzene rings is 1. The summed E-state index contributed by atoms with van der Waals surface area (Å²) in [6.45, 7) is 2.90. The van der Waals surface area contributed by atoms with Gasteiger partial charge >= 0.3 is 0 Å². The Balaban J connectivity index is 1.78. The molecule has 136 valence electrons. The van der Waals surface area contributed by atoms with Crippen molar-refractivity contribution < 1.29 is 14.3 Å². The Bertz CT molecular complexity index is 699. The first-order valence-electron chi connectivity index (χ1n) is 8.22. The summed E-state index contributed by atoms with van der Waals surface area (Å²) < 4.78 is 12.6. The first kappa shape index (κ1) is 19.3. The lowest BCUT2D eigenvalue weighted by Crippen LogP contribution is -2.28. The third-order valence-corrected chi connectivity index (χ3v) is 3.87. The smallest absolute Gasteiger partial charge is 0.227 e. The fourth-order valence-corrected chi connectivity index (χ4v) is 2.48. The number of nitrogens with zero attached hydrogens (tertiary/aromatic N) is 2. The number of aromatic nitrogens is 3. The van der Waals surface area contributed by atoms with E-state index in [1.807, 2.05) is 34.9 Å². The van der Waals surface area contributed by atoms with Crippen LogP contribution in [0.25, 0.3) is 0 Å². The number of methoxy groups -OCH3 is 1. The molecule has 1 heterocycles. The topological polar surface area (TPSA) is 81.2 Å². The molecule has 8 heteroatoms. The molecule has 0 fully saturated rings.